The standard InChI is InChI=1S/C14H15ClN6O3S/c1-25-14-19-12(23)10(13(24)20-14)11(22)18-8-3-2-6(4-7(8)15)9(5-16)21-17/h2-5,21H,16-17H2,1H3,(H,18,22)(H2,19,20,23,24)/b9-5-. The van der Waals surface area contributed by atoms with Gasteiger partial charge in [-0.1, -0.05) is 29.4 Å². The Morgan fingerprint density at radius 2 is 2.20 bits per heavy atom. The van der Waals surface area contributed by atoms with Gasteiger partial charge in [0.25, 0.3) is 11.5 Å². The van der Waals surface area contributed by atoms with Crippen LogP contribution >= 0.6 is 23.4 Å². The molecule has 1 amide bonds. The minimum atomic E-state index is -0.847. The zero-order valence-electron chi connectivity index (χ0n) is 13.0. The van der Waals surface area contributed by atoms with E-state index in [4.69, 9.17) is 23.2 Å². The van der Waals surface area contributed by atoms with Crippen molar-refractivity contribution in [3.05, 3.63) is 50.9 Å². The van der Waals surface area contributed by atoms with Gasteiger partial charge in [0.15, 0.2) is 10.7 Å². The predicted octanol–water partition coefficient (Wildman–Crippen LogP) is 0.823. The molecule has 0 unspecified atom stereocenters. The molecule has 0 aliphatic heterocycles. The number of halogens is 1. The number of carbonyl (C=O) groups excluding carboxylic acids is 1. The first kappa shape index (κ1) is 18.6. The van der Waals surface area contributed by atoms with Crippen LogP contribution in [0.2, 0.25) is 5.02 Å². The summed E-state index contributed by atoms with van der Waals surface area (Å²) in [5.41, 5.74) is 7.83. The van der Waals surface area contributed by atoms with Gasteiger partial charge < -0.3 is 26.6 Å². The fourth-order valence-corrected chi connectivity index (χ4v) is 2.54. The lowest BCUT2D eigenvalue weighted by Crippen LogP contribution is -2.24. The zero-order valence-corrected chi connectivity index (χ0v) is 14.5. The zero-order chi connectivity index (χ0) is 18.6. The van der Waals surface area contributed by atoms with E-state index in [1.165, 1.54) is 18.3 Å². The van der Waals surface area contributed by atoms with Crippen LogP contribution in [0.4, 0.5) is 5.69 Å². The Balaban J connectivity index is 2.32. The number of aromatic hydroxyl groups is 1. The van der Waals surface area contributed by atoms with E-state index in [-0.39, 0.29) is 15.9 Å². The first-order valence-corrected chi connectivity index (χ1v) is 8.38. The number of amides is 1. The van der Waals surface area contributed by atoms with E-state index in [1.54, 1.807) is 12.3 Å². The Labute approximate surface area is 151 Å². The van der Waals surface area contributed by atoms with Gasteiger partial charge in [-0.05, 0) is 18.4 Å². The molecule has 1 aromatic heterocycles. The quantitative estimate of drug-likeness (QED) is 0.192. The van der Waals surface area contributed by atoms with Gasteiger partial charge in [-0.3, -0.25) is 15.4 Å². The number of anilines is 1. The summed E-state index contributed by atoms with van der Waals surface area (Å²) in [5, 5.41) is 12.6. The van der Waals surface area contributed by atoms with Crippen LogP contribution in [0.25, 0.3) is 5.70 Å². The molecule has 0 aliphatic rings. The summed E-state index contributed by atoms with van der Waals surface area (Å²) in [6.07, 6.45) is 2.93. The maximum absolute atomic E-state index is 12.3. The average Bonchev–Trinajstić information content (AvgIpc) is 2.57. The van der Waals surface area contributed by atoms with Crippen LogP contribution in [0.3, 0.4) is 0 Å². The summed E-state index contributed by atoms with van der Waals surface area (Å²) in [6.45, 7) is 0. The molecule has 0 fully saturated rings. The molecule has 0 saturated heterocycles. The number of thioether (sulfide) groups is 1. The van der Waals surface area contributed by atoms with E-state index < -0.39 is 22.9 Å². The summed E-state index contributed by atoms with van der Waals surface area (Å²) in [4.78, 5) is 30.3. The third-order valence-corrected chi connectivity index (χ3v) is 4.04. The minimum Gasteiger partial charge on any atom is -0.493 e. The molecule has 2 aromatic rings. The van der Waals surface area contributed by atoms with Gasteiger partial charge in [-0.15, -0.1) is 0 Å². The largest absolute Gasteiger partial charge is 0.493 e. The molecule has 25 heavy (non-hydrogen) atoms. The number of H-pyrrole nitrogens is 1. The summed E-state index contributed by atoms with van der Waals surface area (Å²) in [5.74, 6) is 3.82. The molecule has 0 spiro atoms. The number of aromatic nitrogens is 2. The maximum atomic E-state index is 12.3. The van der Waals surface area contributed by atoms with Crippen molar-refractivity contribution in [3.8, 4) is 5.88 Å². The molecule has 1 heterocycles. The van der Waals surface area contributed by atoms with Crippen molar-refractivity contribution in [2.24, 2.45) is 11.6 Å². The first-order chi connectivity index (χ1) is 11.9. The van der Waals surface area contributed by atoms with Crippen LogP contribution in [-0.4, -0.2) is 27.2 Å². The highest BCUT2D eigenvalue weighted by Gasteiger charge is 2.20. The second-order valence-corrected chi connectivity index (χ2v) is 5.85. The van der Waals surface area contributed by atoms with Gasteiger partial charge in [-0.25, -0.2) is 0 Å². The minimum absolute atomic E-state index is 0.185. The molecular weight excluding hydrogens is 368 g/mol. The summed E-state index contributed by atoms with van der Waals surface area (Å²) >= 11 is 7.25. The molecule has 11 heteroatoms. The number of rotatable bonds is 5. The van der Waals surface area contributed by atoms with Crippen molar-refractivity contribution in [2.75, 3.05) is 11.6 Å². The molecule has 9 nitrogen and oxygen atoms in total. The summed E-state index contributed by atoms with van der Waals surface area (Å²) < 4.78 is 0. The number of aromatic amines is 1. The summed E-state index contributed by atoms with van der Waals surface area (Å²) in [6, 6.07) is 4.64. The smallest absolute Gasteiger partial charge is 0.268 e. The SMILES string of the molecule is CSc1nc(O)c(C(=O)Nc2ccc(/C(=C/N)NN)cc2Cl)c(=O)[nH]1. The van der Waals surface area contributed by atoms with Crippen LogP contribution in [-0.2, 0) is 0 Å². The van der Waals surface area contributed by atoms with Crippen LogP contribution in [0.5, 0.6) is 5.88 Å². The number of nitrogens with one attached hydrogen (secondary N) is 3. The second-order valence-electron chi connectivity index (χ2n) is 4.65. The van der Waals surface area contributed by atoms with Crippen molar-refractivity contribution in [1.29, 1.82) is 0 Å². The van der Waals surface area contributed by atoms with Gasteiger partial charge in [0.1, 0.15) is 0 Å². The van der Waals surface area contributed by atoms with Crippen LogP contribution in [0.15, 0.2) is 34.4 Å². The Kier molecular flexibility index (Phi) is 5.91. The number of nitrogens with two attached hydrogens (primary N) is 2. The highest BCUT2D eigenvalue weighted by molar-refractivity contribution is 7.98. The van der Waals surface area contributed by atoms with E-state index in [0.29, 0.717) is 11.3 Å². The third kappa shape index (κ3) is 4.05. The van der Waals surface area contributed by atoms with Crippen LogP contribution < -0.4 is 27.9 Å². The maximum Gasteiger partial charge on any atom is 0.268 e. The molecule has 8 N–H and O–H groups in total. The fraction of sp³-hybridized carbons (Fsp3) is 0.0714. The molecule has 0 bridgehead atoms. The molecule has 0 radical (unpaired) electrons. The average molecular weight is 383 g/mol. The number of benzene rings is 1. The van der Waals surface area contributed by atoms with Gasteiger partial charge in [0, 0.05) is 11.8 Å². The highest BCUT2D eigenvalue weighted by Crippen LogP contribution is 2.26. The predicted molar refractivity (Wildman–Crippen MR) is 97.2 cm³/mol. The van der Waals surface area contributed by atoms with Crippen LogP contribution in [0.1, 0.15) is 15.9 Å². The molecule has 0 atom stereocenters. The van der Waals surface area contributed by atoms with E-state index in [1.807, 2.05) is 0 Å². The van der Waals surface area contributed by atoms with Gasteiger partial charge in [0.05, 0.1) is 16.4 Å². The van der Waals surface area contributed by atoms with Crippen LogP contribution in [0, 0.1) is 0 Å². The Morgan fingerprint density at radius 3 is 2.72 bits per heavy atom. The number of carbonyl (C=O) groups is 1. The van der Waals surface area contributed by atoms with E-state index in [9.17, 15) is 14.7 Å². The number of hydrogen-bond acceptors (Lipinski definition) is 8. The molecule has 2 rings (SSSR count). The molecule has 132 valence electrons. The second kappa shape index (κ2) is 7.92. The van der Waals surface area contributed by atoms with Crippen molar-refractivity contribution in [2.45, 2.75) is 5.16 Å². The van der Waals surface area contributed by atoms with Gasteiger partial charge >= 0.3 is 0 Å². The van der Waals surface area contributed by atoms with E-state index >= 15 is 0 Å². The monoisotopic (exact) mass is 382 g/mol. The van der Waals surface area contributed by atoms with Crippen molar-refractivity contribution >= 4 is 40.7 Å². The third-order valence-electron chi connectivity index (χ3n) is 3.15. The number of nitrogens with zero attached hydrogens (tertiary/aromatic N) is 1. The number of hydrazine groups is 1. The topological polar surface area (TPSA) is 159 Å². The lowest BCUT2D eigenvalue weighted by molar-refractivity contribution is 0.102. The number of hydrogen-bond donors (Lipinski definition) is 6. The van der Waals surface area contributed by atoms with E-state index in [0.717, 1.165) is 11.8 Å². The Bertz CT molecular complexity index is 899. The Morgan fingerprint density at radius 1 is 1.48 bits per heavy atom. The molecule has 0 saturated carbocycles. The molecule has 0 aliphatic carbocycles. The summed E-state index contributed by atoms with van der Waals surface area (Å²) in [7, 11) is 0. The van der Waals surface area contributed by atoms with Crippen molar-refractivity contribution in [3.63, 3.8) is 0 Å². The highest BCUT2D eigenvalue weighted by atomic mass is 35.5. The van der Waals surface area contributed by atoms with Crippen molar-refractivity contribution in [1.82, 2.24) is 15.4 Å². The lowest BCUT2D eigenvalue weighted by atomic mass is 10.1. The molecular formula is C14H15ClN6O3S. The molecule has 1 aromatic carbocycles. The Hall–Kier alpha value is -2.69. The lowest BCUT2D eigenvalue weighted by Gasteiger charge is -2.11. The fourth-order valence-electron chi connectivity index (χ4n) is 1.94. The van der Waals surface area contributed by atoms with E-state index in [2.05, 4.69) is 20.7 Å². The van der Waals surface area contributed by atoms with Crippen molar-refractivity contribution < 1.29 is 9.90 Å². The van der Waals surface area contributed by atoms with Gasteiger partial charge in [-0.2, -0.15) is 4.98 Å². The van der Waals surface area contributed by atoms with Gasteiger partial charge in [0.2, 0.25) is 5.88 Å². The normalized spacial score (nSPS) is 11.2. The first-order valence-electron chi connectivity index (χ1n) is 6.78.